The third kappa shape index (κ3) is 2.62. The molecular formula is C15H18N2S. The van der Waals surface area contributed by atoms with Crippen molar-refractivity contribution in [2.24, 2.45) is 0 Å². The van der Waals surface area contributed by atoms with Crippen molar-refractivity contribution in [1.29, 1.82) is 0 Å². The molecule has 0 amide bonds. The molecule has 1 aromatic heterocycles. The number of hydrogen-bond donors (Lipinski definition) is 1. The summed E-state index contributed by atoms with van der Waals surface area (Å²) in [4.78, 5) is 5.42. The first-order chi connectivity index (χ1) is 8.93. The maximum Gasteiger partial charge on any atom is 0.0794 e. The number of hydrogen-bond acceptors (Lipinski definition) is 3. The lowest BCUT2D eigenvalue weighted by molar-refractivity contribution is 0.508. The van der Waals surface area contributed by atoms with Gasteiger partial charge in [-0.25, -0.2) is 0 Å². The van der Waals surface area contributed by atoms with Gasteiger partial charge in [0.25, 0.3) is 0 Å². The summed E-state index contributed by atoms with van der Waals surface area (Å²) in [5.41, 5.74) is 5.00. The van der Waals surface area contributed by atoms with E-state index in [-0.39, 0.29) is 0 Å². The Bertz CT molecular complexity index is 493. The van der Waals surface area contributed by atoms with Crippen LogP contribution in [0.4, 0.5) is 0 Å². The highest BCUT2D eigenvalue weighted by Gasteiger charge is 2.18. The van der Waals surface area contributed by atoms with E-state index in [2.05, 4.69) is 34.6 Å². The monoisotopic (exact) mass is 258 g/mol. The summed E-state index contributed by atoms with van der Waals surface area (Å²) in [6.45, 7) is 2.03. The highest BCUT2D eigenvalue weighted by molar-refractivity contribution is 7.09. The van der Waals surface area contributed by atoms with Gasteiger partial charge in [-0.3, -0.25) is 4.98 Å². The van der Waals surface area contributed by atoms with E-state index in [1.165, 1.54) is 24.1 Å². The summed E-state index contributed by atoms with van der Waals surface area (Å²) < 4.78 is 0. The van der Waals surface area contributed by atoms with Crippen molar-refractivity contribution in [3.05, 3.63) is 52.0 Å². The second-order valence-electron chi connectivity index (χ2n) is 4.89. The molecule has 1 atom stereocenters. The van der Waals surface area contributed by atoms with Gasteiger partial charge in [-0.15, -0.1) is 11.3 Å². The lowest BCUT2D eigenvalue weighted by Gasteiger charge is -2.25. The van der Waals surface area contributed by atoms with Crippen LogP contribution in [0, 0.1) is 0 Å². The van der Waals surface area contributed by atoms with E-state index in [0.717, 1.165) is 13.1 Å². The van der Waals surface area contributed by atoms with Crippen molar-refractivity contribution < 1.29 is 0 Å². The van der Waals surface area contributed by atoms with Gasteiger partial charge >= 0.3 is 0 Å². The fourth-order valence-corrected chi connectivity index (χ4v) is 3.33. The highest BCUT2D eigenvalue weighted by atomic mass is 32.1. The minimum atomic E-state index is 0.683. The zero-order chi connectivity index (χ0) is 12.2. The predicted molar refractivity (Wildman–Crippen MR) is 75.9 cm³/mol. The molecule has 3 heteroatoms. The van der Waals surface area contributed by atoms with Crippen molar-refractivity contribution in [3.63, 3.8) is 0 Å². The second kappa shape index (κ2) is 5.63. The molecule has 0 radical (unpaired) electrons. The van der Waals surface area contributed by atoms with Gasteiger partial charge in [-0.2, -0.15) is 0 Å². The van der Waals surface area contributed by atoms with Crippen molar-refractivity contribution in [3.8, 4) is 0 Å². The van der Waals surface area contributed by atoms with Gasteiger partial charge < -0.3 is 5.32 Å². The number of aromatic nitrogens is 1. The topological polar surface area (TPSA) is 24.9 Å². The molecule has 0 saturated heterocycles. The molecule has 1 N–H and O–H groups in total. The van der Waals surface area contributed by atoms with Gasteiger partial charge in [0.2, 0.25) is 0 Å². The molecule has 1 heterocycles. The van der Waals surface area contributed by atoms with Crippen LogP contribution in [0.5, 0.6) is 0 Å². The number of nitrogens with zero attached hydrogens (tertiary/aromatic N) is 1. The zero-order valence-electron chi connectivity index (χ0n) is 10.4. The first-order valence-electron chi connectivity index (χ1n) is 6.59. The molecular weight excluding hydrogens is 240 g/mol. The van der Waals surface area contributed by atoms with Gasteiger partial charge in [0.15, 0.2) is 0 Å². The minimum Gasteiger partial charge on any atom is -0.311 e. The molecule has 0 saturated carbocycles. The average Bonchev–Trinajstić information content (AvgIpc) is 2.92. The summed E-state index contributed by atoms with van der Waals surface area (Å²) in [5, 5.41) is 3.57. The van der Waals surface area contributed by atoms with Crippen LogP contribution in [0.1, 0.15) is 34.8 Å². The molecule has 2 aromatic rings. The fraction of sp³-hybridized carbons (Fsp3) is 0.400. The molecule has 0 bridgehead atoms. The van der Waals surface area contributed by atoms with Crippen LogP contribution in [-0.4, -0.2) is 11.5 Å². The first-order valence-corrected chi connectivity index (χ1v) is 7.47. The average molecular weight is 258 g/mol. The standard InChI is InChI=1S/C15H18N2S/c1-2-7-15-12(4-1)5-3-6-13(15)8-16-9-14-10-17-11-18-14/h1-2,4,7,10-11,13,16H,3,5-6,8-9H2. The number of aryl methyl sites for hydroxylation is 1. The van der Waals surface area contributed by atoms with E-state index in [1.54, 1.807) is 22.5 Å². The number of fused-ring (bicyclic) bond motifs is 1. The Morgan fingerprint density at radius 2 is 2.28 bits per heavy atom. The lowest BCUT2D eigenvalue weighted by atomic mass is 9.83. The molecule has 1 aliphatic carbocycles. The Morgan fingerprint density at radius 1 is 1.33 bits per heavy atom. The van der Waals surface area contributed by atoms with E-state index in [1.807, 2.05) is 11.7 Å². The summed E-state index contributed by atoms with van der Waals surface area (Å²) in [5.74, 6) is 0.683. The van der Waals surface area contributed by atoms with Gasteiger partial charge in [-0.1, -0.05) is 24.3 Å². The number of benzene rings is 1. The molecule has 1 aliphatic rings. The maximum absolute atomic E-state index is 4.10. The molecule has 2 nitrogen and oxygen atoms in total. The van der Waals surface area contributed by atoms with Crippen LogP contribution in [0.25, 0.3) is 0 Å². The van der Waals surface area contributed by atoms with Crippen LogP contribution in [0.2, 0.25) is 0 Å². The molecule has 1 unspecified atom stereocenters. The summed E-state index contributed by atoms with van der Waals surface area (Å²) in [6.07, 6.45) is 5.84. The van der Waals surface area contributed by atoms with Crippen LogP contribution in [0.15, 0.2) is 36.0 Å². The summed E-state index contributed by atoms with van der Waals surface area (Å²) in [6, 6.07) is 8.91. The van der Waals surface area contributed by atoms with Gasteiger partial charge in [-0.05, 0) is 36.3 Å². The lowest BCUT2D eigenvalue weighted by Crippen LogP contribution is -2.23. The first kappa shape index (κ1) is 11.9. The summed E-state index contributed by atoms with van der Waals surface area (Å²) in [7, 11) is 0. The number of nitrogens with one attached hydrogen (secondary N) is 1. The Morgan fingerprint density at radius 3 is 3.17 bits per heavy atom. The summed E-state index contributed by atoms with van der Waals surface area (Å²) >= 11 is 1.72. The molecule has 94 valence electrons. The molecule has 3 rings (SSSR count). The Kier molecular flexibility index (Phi) is 3.72. The van der Waals surface area contributed by atoms with Gasteiger partial charge in [0, 0.05) is 24.2 Å². The van der Waals surface area contributed by atoms with Crippen molar-refractivity contribution in [2.45, 2.75) is 31.7 Å². The Balaban J connectivity index is 1.60. The smallest absolute Gasteiger partial charge is 0.0794 e. The number of thiazole rings is 1. The Labute approximate surface area is 112 Å². The van der Waals surface area contributed by atoms with Gasteiger partial charge in [0.1, 0.15) is 0 Å². The van der Waals surface area contributed by atoms with Crippen molar-refractivity contribution in [1.82, 2.24) is 10.3 Å². The van der Waals surface area contributed by atoms with E-state index >= 15 is 0 Å². The van der Waals surface area contributed by atoms with Crippen molar-refractivity contribution in [2.75, 3.05) is 6.54 Å². The highest BCUT2D eigenvalue weighted by Crippen LogP contribution is 2.30. The zero-order valence-corrected chi connectivity index (χ0v) is 11.2. The minimum absolute atomic E-state index is 0.683. The van der Waals surface area contributed by atoms with Gasteiger partial charge in [0.05, 0.1) is 5.51 Å². The van der Waals surface area contributed by atoms with Crippen LogP contribution < -0.4 is 5.32 Å². The number of rotatable bonds is 4. The molecule has 0 spiro atoms. The quantitative estimate of drug-likeness (QED) is 0.909. The maximum atomic E-state index is 4.10. The van der Waals surface area contributed by atoms with E-state index in [9.17, 15) is 0 Å². The SMILES string of the molecule is c1ccc2c(c1)CCCC2CNCc1cncs1. The molecule has 0 fully saturated rings. The largest absolute Gasteiger partial charge is 0.311 e. The van der Waals surface area contributed by atoms with Crippen LogP contribution in [0.3, 0.4) is 0 Å². The van der Waals surface area contributed by atoms with Crippen molar-refractivity contribution >= 4 is 11.3 Å². The molecule has 18 heavy (non-hydrogen) atoms. The van der Waals surface area contributed by atoms with E-state index in [4.69, 9.17) is 0 Å². The normalized spacial score (nSPS) is 18.6. The molecule has 0 aliphatic heterocycles. The predicted octanol–water partition coefficient (Wildman–Crippen LogP) is 3.35. The third-order valence-corrected chi connectivity index (χ3v) is 4.45. The van der Waals surface area contributed by atoms with E-state index in [0.29, 0.717) is 5.92 Å². The fourth-order valence-electron chi connectivity index (χ4n) is 2.77. The molecule has 1 aromatic carbocycles. The van der Waals surface area contributed by atoms with Crippen LogP contribution >= 0.6 is 11.3 Å². The van der Waals surface area contributed by atoms with E-state index < -0.39 is 0 Å². The third-order valence-electron chi connectivity index (χ3n) is 3.67. The second-order valence-corrected chi connectivity index (χ2v) is 5.86. The Hall–Kier alpha value is -1.19. The van der Waals surface area contributed by atoms with Crippen LogP contribution in [-0.2, 0) is 13.0 Å².